The molecule has 1 saturated heterocycles. The lowest BCUT2D eigenvalue weighted by atomic mass is 9.91. The third-order valence-corrected chi connectivity index (χ3v) is 4.51. The Labute approximate surface area is 110 Å². The molecule has 96 valence electrons. The predicted molar refractivity (Wildman–Crippen MR) is 68.9 cm³/mol. The minimum atomic E-state index is -0.301. The maximum absolute atomic E-state index is 10.3. The van der Waals surface area contributed by atoms with Gasteiger partial charge in [0.05, 0.1) is 22.0 Å². The first-order chi connectivity index (χ1) is 8.09. The van der Waals surface area contributed by atoms with E-state index in [2.05, 4.69) is 21.0 Å². The Morgan fingerprint density at radius 1 is 1.53 bits per heavy atom. The zero-order valence-electron chi connectivity index (χ0n) is 10.3. The highest BCUT2D eigenvalue weighted by molar-refractivity contribution is 9.10. The molecule has 1 atom stereocenters. The summed E-state index contributed by atoms with van der Waals surface area (Å²) in [5.74, 6) is 0.353. The molecule has 1 aliphatic heterocycles. The number of hydrogen-bond acceptors (Lipinski definition) is 3. The Hall–Kier alpha value is -0.390. The summed E-state index contributed by atoms with van der Waals surface area (Å²) in [6.45, 7) is 3.51. The van der Waals surface area contributed by atoms with Crippen molar-refractivity contribution < 1.29 is 9.84 Å². The number of hydrogen-bond donors (Lipinski definition) is 1. The van der Waals surface area contributed by atoms with Gasteiger partial charge in [-0.05, 0) is 41.6 Å². The van der Waals surface area contributed by atoms with Crippen molar-refractivity contribution in [3.63, 3.8) is 0 Å². The van der Waals surface area contributed by atoms with Crippen molar-refractivity contribution >= 4 is 15.9 Å². The minimum absolute atomic E-state index is 0.301. The molecule has 0 bridgehead atoms. The van der Waals surface area contributed by atoms with Crippen LogP contribution in [0.3, 0.4) is 0 Å². The Kier molecular flexibility index (Phi) is 4.22. The van der Waals surface area contributed by atoms with Crippen LogP contribution in [-0.4, -0.2) is 34.2 Å². The number of aliphatic hydroxyl groups is 1. The summed E-state index contributed by atoms with van der Waals surface area (Å²) in [6, 6.07) is 0. The normalized spacial score (nSPS) is 19.5. The standard InChI is InChI=1S/C12H19BrN2O2/c1-8-12(13)10(15(2)14-8)7-11(16)9-3-5-17-6-4-9/h9,11,16H,3-7H2,1-2H3. The summed E-state index contributed by atoms with van der Waals surface area (Å²) in [4.78, 5) is 0. The van der Waals surface area contributed by atoms with Crippen molar-refractivity contribution in [3.8, 4) is 0 Å². The van der Waals surface area contributed by atoms with Gasteiger partial charge in [-0.15, -0.1) is 0 Å². The Bertz CT molecular complexity index is 386. The average molecular weight is 303 g/mol. The van der Waals surface area contributed by atoms with Gasteiger partial charge in [0, 0.05) is 26.7 Å². The first-order valence-corrected chi connectivity index (χ1v) is 6.82. The molecular formula is C12H19BrN2O2. The van der Waals surface area contributed by atoms with Gasteiger partial charge in [-0.3, -0.25) is 4.68 Å². The van der Waals surface area contributed by atoms with E-state index in [0.29, 0.717) is 12.3 Å². The summed E-state index contributed by atoms with van der Waals surface area (Å²) >= 11 is 3.53. The predicted octanol–water partition coefficient (Wildman–Crippen LogP) is 1.82. The first kappa shape index (κ1) is 13.1. The molecule has 1 fully saturated rings. The van der Waals surface area contributed by atoms with Crippen LogP contribution in [0.25, 0.3) is 0 Å². The van der Waals surface area contributed by atoms with Crippen LogP contribution < -0.4 is 0 Å². The molecule has 0 aliphatic carbocycles. The number of ether oxygens (including phenoxy) is 1. The van der Waals surface area contributed by atoms with Crippen molar-refractivity contribution in [2.45, 2.75) is 32.3 Å². The van der Waals surface area contributed by atoms with Crippen LogP contribution in [0.1, 0.15) is 24.2 Å². The van der Waals surface area contributed by atoms with E-state index in [1.54, 1.807) is 0 Å². The molecule has 1 aromatic rings. The number of rotatable bonds is 3. The summed E-state index contributed by atoms with van der Waals surface area (Å²) in [6.07, 6.45) is 2.26. The van der Waals surface area contributed by atoms with Crippen molar-refractivity contribution in [3.05, 3.63) is 15.9 Å². The average Bonchev–Trinajstić information content (AvgIpc) is 2.57. The summed E-state index contributed by atoms with van der Waals surface area (Å²) in [5.41, 5.74) is 2.04. The van der Waals surface area contributed by atoms with Crippen molar-refractivity contribution in [2.24, 2.45) is 13.0 Å². The fourth-order valence-electron chi connectivity index (χ4n) is 2.37. The number of aryl methyl sites for hydroxylation is 2. The van der Waals surface area contributed by atoms with Crippen molar-refractivity contribution in [1.29, 1.82) is 0 Å². The highest BCUT2D eigenvalue weighted by Crippen LogP contribution is 2.26. The van der Waals surface area contributed by atoms with Crippen LogP contribution in [0.15, 0.2) is 4.47 Å². The molecule has 1 unspecified atom stereocenters. The Morgan fingerprint density at radius 2 is 2.18 bits per heavy atom. The van der Waals surface area contributed by atoms with Gasteiger partial charge in [0.2, 0.25) is 0 Å². The minimum Gasteiger partial charge on any atom is -0.392 e. The van der Waals surface area contributed by atoms with Gasteiger partial charge in [-0.1, -0.05) is 0 Å². The lowest BCUT2D eigenvalue weighted by molar-refractivity contribution is 0.00771. The van der Waals surface area contributed by atoms with Gasteiger partial charge in [0.1, 0.15) is 0 Å². The van der Waals surface area contributed by atoms with E-state index in [1.165, 1.54) is 0 Å². The molecule has 17 heavy (non-hydrogen) atoms. The van der Waals surface area contributed by atoms with Gasteiger partial charge in [0.25, 0.3) is 0 Å². The smallest absolute Gasteiger partial charge is 0.0738 e. The molecule has 5 heteroatoms. The summed E-state index contributed by atoms with van der Waals surface area (Å²) < 4.78 is 8.18. The van der Waals surface area contributed by atoms with Gasteiger partial charge in [0.15, 0.2) is 0 Å². The molecular weight excluding hydrogens is 284 g/mol. The maximum Gasteiger partial charge on any atom is 0.0738 e. The van der Waals surface area contributed by atoms with E-state index in [1.807, 2.05) is 18.7 Å². The zero-order chi connectivity index (χ0) is 12.4. The molecule has 2 rings (SSSR count). The van der Waals surface area contributed by atoms with Crippen LogP contribution in [0.2, 0.25) is 0 Å². The van der Waals surface area contributed by atoms with E-state index >= 15 is 0 Å². The van der Waals surface area contributed by atoms with Crippen LogP contribution in [0, 0.1) is 12.8 Å². The second-order valence-electron chi connectivity index (χ2n) is 4.69. The van der Waals surface area contributed by atoms with E-state index in [4.69, 9.17) is 4.74 Å². The third kappa shape index (κ3) is 2.89. The maximum atomic E-state index is 10.3. The summed E-state index contributed by atoms with van der Waals surface area (Å²) in [5, 5.41) is 14.6. The Morgan fingerprint density at radius 3 is 2.71 bits per heavy atom. The van der Waals surface area contributed by atoms with E-state index in [0.717, 1.165) is 41.9 Å². The molecule has 0 radical (unpaired) electrons. The number of nitrogens with zero attached hydrogens (tertiary/aromatic N) is 2. The quantitative estimate of drug-likeness (QED) is 0.926. The van der Waals surface area contributed by atoms with Gasteiger partial charge >= 0.3 is 0 Å². The van der Waals surface area contributed by atoms with E-state index < -0.39 is 0 Å². The van der Waals surface area contributed by atoms with Crippen LogP contribution in [0.5, 0.6) is 0 Å². The number of aliphatic hydroxyl groups excluding tert-OH is 1. The monoisotopic (exact) mass is 302 g/mol. The molecule has 4 nitrogen and oxygen atoms in total. The molecule has 0 aromatic carbocycles. The largest absolute Gasteiger partial charge is 0.392 e. The van der Waals surface area contributed by atoms with Gasteiger partial charge in [-0.2, -0.15) is 5.10 Å². The highest BCUT2D eigenvalue weighted by Gasteiger charge is 2.24. The van der Waals surface area contributed by atoms with Crippen LogP contribution in [0.4, 0.5) is 0 Å². The second kappa shape index (κ2) is 5.50. The van der Waals surface area contributed by atoms with Crippen LogP contribution >= 0.6 is 15.9 Å². The van der Waals surface area contributed by atoms with Gasteiger partial charge in [-0.25, -0.2) is 0 Å². The first-order valence-electron chi connectivity index (χ1n) is 6.03. The molecule has 0 amide bonds. The molecule has 2 heterocycles. The molecule has 0 spiro atoms. The zero-order valence-corrected chi connectivity index (χ0v) is 11.9. The van der Waals surface area contributed by atoms with Crippen molar-refractivity contribution in [2.75, 3.05) is 13.2 Å². The molecule has 1 aromatic heterocycles. The lowest BCUT2D eigenvalue weighted by Gasteiger charge is -2.26. The fraction of sp³-hybridized carbons (Fsp3) is 0.750. The SMILES string of the molecule is Cc1nn(C)c(CC(O)C2CCOCC2)c1Br. The molecule has 1 N–H and O–H groups in total. The Balaban J connectivity index is 2.04. The number of halogens is 1. The summed E-state index contributed by atoms with van der Waals surface area (Å²) in [7, 11) is 1.92. The van der Waals surface area contributed by atoms with Crippen LogP contribution in [-0.2, 0) is 18.2 Å². The third-order valence-electron chi connectivity index (χ3n) is 3.47. The van der Waals surface area contributed by atoms with E-state index in [9.17, 15) is 5.11 Å². The van der Waals surface area contributed by atoms with E-state index in [-0.39, 0.29) is 6.10 Å². The fourth-order valence-corrected chi connectivity index (χ4v) is 2.86. The number of aromatic nitrogens is 2. The second-order valence-corrected chi connectivity index (χ2v) is 5.48. The molecule has 1 aliphatic rings. The highest BCUT2D eigenvalue weighted by atomic mass is 79.9. The van der Waals surface area contributed by atoms with Gasteiger partial charge < -0.3 is 9.84 Å². The topological polar surface area (TPSA) is 47.3 Å². The van der Waals surface area contributed by atoms with Crippen molar-refractivity contribution in [1.82, 2.24) is 9.78 Å². The molecule has 0 saturated carbocycles. The lowest BCUT2D eigenvalue weighted by Crippen LogP contribution is -2.29.